The van der Waals surface area contributed by atoms with E-state index in [-0.39, 0.29) is 13.2 Å². The molecule has 0 amide bonds. The summed E-state index contributed by atoms with van der Waals surface area (Å²) in [4.78, 5) is 6.36. The first-order valence-corrected chi connectivity index (χ1v) is 6.13. The first-order valence-electron chi connectivity index (χ1n) is 5.34. The third kappa shape index (κ3) is 3.43. The minimum Gasteiger partial charge on any atom is -0.396 e. The van der Waals surface area contributed by atoms with Gasteiger partial charge in [0.2, 0.25) is 0 Å². The number of hydrogen-bond donors (Lipinski definition) is 2. The van der Waals surface area contributed by atoms with Crippen molar-refractivity contribution in [2.24, 2.45) is 0 Å². The standard InChI is InChI=1S/C11H17BrN2O2/c1-2-14(4-3-5-15)11-9(8-16)6-10(12)7-13-11/h6-7,15-16H,2-5,8H2,1H3. The van der Waals surface area contributed by atoms with Gasteiger partial charge in [-0.15, -0.1) is 0 Å². The van der Waals surface area contributed by atoms with Crippen LogP contribution >= 0.6 is 15.9 Å². The molecule has 2 N–H and O–H groups in total. The molecule has 0 saturated carbocycles. The molecule has 0 aromatic carbocycles. The van der Waals surface area contributed by atoms with Gasteiger partial charge in [0.15, 0.2) is 0 Å². The summed E-state index contributed by atoms with van der Waals surface area (Å²) in [5, 5.41) is 18.1. The van der Waals surface area contributed by atoms with Crippen LogP contribution < -0.4 is 4.90 Å². The van der Waals surface area contributed by atoms with Crippen molar-refractivity contribution < 1.29 is 10.2 Å². The smallest absolute Gasteiger partial charge is 0.134 e. The highest BCUT2D eigenvalue weighted by Gasteiger charge is 2.10. The van der Waals surface area contributed by atoms with Crippen molar-refractivity contribution in [2.45, 2.75) is 20.0 Å². The van der Waals surface area contributed by atoms with E-state index in [2.05, 4.69) is 20.9 Å². The molecule has 16 heavy (non-hydrogen) atoms. The van der Waals surface area contributed by atoms with Crippen LogP contribution in [0, 0.1) is 0 Å². The molecule has 0 saturated heterocycles. The van der Waals surface area contributed by atoms with E-state index in [9.17, 15) is 5.11 Å². The number of halogens is 1. The molecule has 1 rings (SSSR count). The van der Waals surface area contributed by atoms with E-state index in [0.29, 0.717) is 6.42 Å². The van der Waals surface area contributed by atoms with E-state index >= 15 is 0 Å². The van der Waals surface area contributed by atoms with Crippen molar-refractivity contribution in [3.63, 3.8) is 0 Å². The zero-order valence-corrected chi connectivity index (χ0v) is 10.9. The highest BCUT2D eigenvalue weighted by atomic mass is 79.9. The minimum absolute atomic E-state index is 0.0304. The molecule has 0 aliphatic rings. The van der Waals surface area contributed by atoms with E-state index in [4.69, 9.17) is 5.11 Å². The normalized spacial score (nSPS) is 10.5. The van der Waals surface area contributed by atoms with Crippen LogP contribution in [0.15, 0.2) is 16.7 Å². The highest BCUT2D eigenvalue weighted by molar-refractivity contribution is 9.10. The third-order valence-electron chi connectivity index (χ3n) is 2.35. The van der Waals surface area contributed by atoms with Crippen LogP contribution in [-0.4, -0.2) is 34.9 Å². The zero-order chi connectivity index (χ0) is 12.0. The summed E-state index contributed by atoms with van der Waals surface area (Å²) in [5.41, 5.74) is 0.800. The fraction of sp³-hybridized carbons (Fsp3) is 0.545. The van der Waals surface area contributed by atoms with Crippen molar-refractivity contribution in [3.05, 3.63) is 22.3 Å². The van der Waals surface area contributed by atoms with E-state index in [1.54, 1.807) is 6.20 Å². The van der Waals surface area contributed by atoms with Gasteiger partial charge in [0.05, 0.1) is 6.61 Å². The lowest BCUT2D eigenvalue weighted by molar-refractivity contribution is 0.280. The Bertz CT molecular complexity index is 334. The van der Waals surface area contributed by atoms with Crippen molar-refractivity contribution in [2.75, 3.05) is 24.6 Å². The fourth-order valence-electron chi connectivity index (χ4n) is 1.55. The second-order valence-electron chi connectivity index (χ2n) is 3.45. The van der Waals surface area contributed by atoms with Crippen LogP contribution in [0.25, 0.3) is 0 Å². The minimum atomic E-state index is -0.0304. The molecule has 0 radical (unpaired) electrons. The molecule has 0 aliphatic heterocycles. The molecule has 1 aromatic heterocycles. The van der Waals surface area contributed by atoms with Crippen molar-refractivity contribution >= 4 is 21.7 Å². The number of aromatic nitrogens is 1. The monoisotopic (exact) mass is 288 g/mol. The van der Waals surface area contributed by atoms with Gasteiger partial charge in [-0.25, -0.2) is 4.98 Å². The van der Waals surface area contributed by atoms with E-state index in [0.717, 1.165) is 28.9 Å². The van der Waals surface area contributed by atoms with Crippen LogP contribution in [0.5, 0.6) is 0 Å². The van der Waals surface area contributed by atoms with Crippen LogP contribution in [0.1, 0.15) is 18.9 Å². The molecular formula is C11H17BrN2O2. The van der Waals surface area contributed by atoms with Crippen LogP contribution in [0.3, 0.4) is 0 Å². The number of aliphatic hydroxyl groups is 2. The summed E-state index contributed by atoms with van der Waals surface area (Å²) in [6, 6.07) is 1.87. The molecule has 0 atom stereocenters. The van der Waals surface area contributed by atoms with Gasteiger partial charge >= 0.3 is 0 Å². The second kappa shape index (κ2) is 6.83. The van der Waals surface area contributed by atoms with Crippen molar-refractivity contribution in [1.82, 2.24) is 4.98 Å². The Morgan fingerprint density at radius 1 is 1.44 bits per heavy atom. The maximum atomic E-state index is 9.28. The predicted molar refractivity (Wildman–Crippen MR) is 67.4 cm³/mol. The lowest BCUT2D eigenvalue weighted by Gasteiger charge is -2.23. The van der Waals surface area contributed by atoms with Gasteiger partial charge in [-0.1, -0.05) is 0 Å². The Kier molecular flexibility index (Phi) is 5.73. The number of hydrogen-bond acceptors (Lipinski definition) is 4. The third-order valence-corrected chi connectivity index (χ3v) is 2.78. The number of aliphatic hydroxyl groups excluding tert-OH is 2. The number of anilines is 1. The van der Waals surface area contributed by atoms with Crippen LogP contribution in [-0.2, 0) is 6.61 Å². The van der Waals surface area contributed by atoms with Gasteiger partial charge in [0.25, 0.3) is 0 Å². The van der Waals surface area contributed by atoms with Gasteiger partial charge in [-0.2, -0.15) is 0 Å². The SMILES string of the molecule is CCN(CCCO)c1ncc(Br)cc1CO. The molecule has 0 unspecified atom stereocenters. The number of nitrogens with zero attached hydrogens (tertiary/aromatic N) is 2. The Morgan fingerprint density at radius 2 is 2.19 bits per heavy atom. The van der Waals surface area contributed by atoms with E-state index in [1.807, 2.05) is 17.9 Å². The van der Waals surface area contributed by atoms with Gasteiger partial charge in [0.1, 0.15) is 5.82 Å². The second-order valence-corrected chi connectivity index (χ2v) is 4.37. The first-order chi connectivity index (χ1) is 7.72. The number of pyridine rings is 1. The maximum absolute atomic E-state index is 9.28. The molecular weight excluding hydrogens is 272 g/mol. The summed E-state index contributed by atoms with van der Waals surface area (Å²) in [6.07, 6.45) is 2.42. The summed E-state index contributed by atoms with van der Waals surface area (Å²) < 4.78 is 0.860. The molecule has 0 fully saturated rings. The van der Waals surface area contributed by atoms with Gasteiger partial charge in [-0.05, 0) is 35.3 Å². The van der Waals surface area contributed by atoms with Crippen LogP contribution in [0.4, 0.5) is 5.82 Å². The van der Waals surface area contributed by atoms with E-state index in [1.165, 1.54) is 0 Å². The summed E-state index contributed by atoms with van der Waals surface area (Å²) in [7, 11) is 0. The average Bonchev–Trinajstić information content (AvgIpc) is 2.31. The highest BCUT2D eigenvalue weighted by Crippen LogP contribution is 2.21. The zero-order valence-electron chi connectivity index (χ0n) is 9.36. The first kappa shape index (κ1) is 13.4. The fourth-order valence-corrected chi connectivity index (χ4v) is 1.93. The van der Waals surface area contributed by atoms with Crippen molar-refractivity contribution in [3.8, 4) is 0 Å². The average molecular weight is 289 g/mol. The quantitative estimate of drug-likeness (QED) is 0.834. The molecule has 4 nitrogen and oxygen atoms in total. The molecule has 0 aliphatic carbocycles. The Balaban J connectivity index is 2.90. The Morgan fingerprint density at radius 3 is 2.75 bits per heavy atom. The summed E-state index contributed by atoms with van der Waals surface area (Å²) in [5.74, 6) is 0.793. The topological polar surface area (TPSA) is 56.6 Å². The predicted octanol–water partition coefficient (Wildman–Crippen LogP) is 1.55. The van der Waals surface area contributed by atoms with Gasteiger partial charge in [0, 0.05) is 35.9 Å². The molecule has 0 spiro atoms. The number of rotatable bonds is 6. The summed E-state index contributed by atoms with van der Waals surface area (Å²) in [6.45, 7) is 3.72. The van der Waals surface area contributed by atoms with Gasteiger partial charge < -0.3 is 15.1 Å². The molecule has 0 bridgehead atoms. The molecule has 1 heterocycles. The molecule has 5 heteroatoms. The van der Waals surface area contributed by atoms with E-state index < -0.39 is 0 Å². The lowest BCUT2D eigenvalue weighted by Crippen LogP contribution is -2.26. The van der Waals surface area contributed by atoms with Crippen LogP contribution in [0.2, 0.25) is 0 Å². The Labute approximate surface area is 104 Å². The van der Waals surface area contributed by atoms with Gasteiger partial charge in [-0.3, -0.25) is 0 Å². The summed E-state index contributed by atoms with van der Waals surface area (Å²) >= 11 is 3.33. The molecule has 90 valence electrons. The maximum Gasteiger partial charge on any atom is 0.134 e. The largest absolute Gasteiger partial charge is 0.396 e. The lowest BCUT2D eigenvalue weighted by atomic mass is 10.2. The Hall–Kier alpha value is -0.650. The van der Waals surface area contributed by atoms with Crippen molar-refractivity contribution in [1.29, 1.82) is 0 Å². The molecule has 1 aromatic rings.